The quantitative estimate of drug-likeness (QED) is 0.317. The van der Waals surface area contributed by atoms with E-state index in [1.165, 1.54) is 18.3 Å². The van der Waals surface area contributed by atoms with E-state index in [1.807, 2.05) is 42.1 Å². The maximum absolute atomic E-state index is 13.1. The first-order valence-corrected chi connectivity index (χ1v) is 11.0. The molecule has 0 aliphatic rings. The van der Waals surface area contributed by atoms with Gasteiger partial charge in [-0.15, -0.1) is 11.3 Å². The standard InChI is InChI=1S/C24H23N5O3S/c1-15-12-18(14-32-3)20-21(29-10-4-5-11-29)22(33-24(20)26-15)23(31)28-25-13-17-6-8-19(9-7-17)27-16(2)30/h4-13H,14H2,1-3H3,(H,27,30)(H,28,31). The second-order valence-corrected chi connectivity index (χ2v) is 8.41. The molecule has 2 N–H and O–H groups in total. The van der Waals surface area contributed by atoms with Crippen molar-refractivity contribution in [2.45, 2.75) is 20.5 Å². The summed E-state index contributed by atoms with van der Waals surface area (Å²) < 4.78 is 7.31. The molecule has 0 bridgehead atoms. The average Bonchev–Trinajstić information content (AvgIpc) is 3.42. The number of anilines is 1. The molecule has 0 unspecified atom stereocenters. The summed E-state index contributed by atoms with van der Waals surface area (Å²) in [7, 11) is 1.65. The van der Waals surface area contributed by atoms with Gasteiger partial charge in [-0.1, -0.05) is 12.1 Å². The minimum atomic E-state index is -0.325. The van der Waals surface area contributed by atoms with E-state index in [0.717, 1.165) is 32.7 Å². The minimum Gasteiger partial charge on any atom is -0.380 e. The summed E-state index contributed by atoms with van der Waals surface area (Å²) in [6.45, 7) is 3.80. The van der Waals surface area contributed by atoms with Crippen molar-refractivity contribution in [3.63, 3.8) is 0 Å². The van der Waals surface area contributed by atoms with Gasteiger partial charge in [0.1, 0.15) is 9.71 Å². The smallest absolute Gasteiger partial charge is 0.283 e. The molecular formula is C24H23N5O3S. The van der Waals surface area contributed by atoms with Crippen LogP contribution in [0.5, 0.6) is 0 Å². The number of fused-ring (bicyclic) bond motifs is 1. The van der Waals surface area contributed by atoms with E-state index in [1.54, 1.807) is 37.6 Å². The number of hydrogen-bond acceptors (Lipinski definition) is 6. The maximum atomic E-state index is 13.1. The molecular weight excluding hydrogens is 438 g/mol. The number of carbonyl (C=O) groups is 2. The highest BCUT2D eigenvalue weighted by Crippen LogP contribution is 2.36. The van der Waals surface area contributed by atoms with Crippen molar-refractivity contribution in [3.05, 3.63) is 76.6 Å². The maximum Gasteiger partial charge on any atom is 0.283 e. The molecule has 8 nitrogen and oxygen atoms in total. The Morgan fingerprint density at radius 2 is 1.94 bits per heavy atom. The lowest BCUT2D eigenvalue weighted by molar-refractivity contribution is -0.114. The molecule has 2 amide bonds. The van der Waals surface area contributed by atoms with Crippen LogP contribution < -0.4 is 10.7 Å². The van der Waals surface area contributed by atoms with E-state index in [4.69, 9.17) is 4.74 Å². The SMILES string of the molecule is COCc1cc(C)nc2sc(C(=O)NN=Cc3ccc(NC(C)=O)cc3)c(-n3cccc3)c12. The van der Waals surface area contributed by atoms with Gasteiger partial charge >= 0.3 is 0 Å². The molecule has 4 aromatic rings. The number of nitrogens with one attached hydrogen (secondary N) is 2. The monoisotopic (exact) mass is 461 g/mol. The third kappa shape index (κ3) is 5.00. The Morgan fingerprint density at radius 3 is 2.61 bits per heavy atom. The van der Waals surface area contributed by atoms with Gasteiger partial charge in [0.2, 0.25) is 5.91 Å². The molecule has 0 fully saturated rings. The molecule has 0 aliphatic heterocycles. The van der Waals surface area contributed by atoms with E-state index in [0.29, 0.717) is 17.2 Å². The number of ether oxygens (including phenoxy) is 1. The Bertz CT molecular complexity index is 1320. The number of benzene rings is 1. The predicted octanol–water partition coefficient (Wildman–Crippen LogP) is 4.26. The average molecular weight is 462 g/mol. The zero-order valence-corrected chi connectivity index (χ0v) is 19.3. The molecule has 3 heterocycles. The number of carbonyl (C=O) groups excluding carboxylic acids is 2. The summed E-state index contributed by atoms with van der Waals surface area (Å²) in [5.41, 5.74) is 6.69. The molecule has 9 heteroatoms. The third-order valence-corrected chi connectivity index (χ3v) is 5.90. The molecule has 3 aromatic heterocycles. The van der Waals surface area contributed by atoms with Crippen molar-refractivity contribution < 1.29 is 14.3 Å². The van der Waals surface area contributed by atoms with Crippen LogP contribution in [0.25, 0.3) is 15.9 Å². The largest absolute Gasteiger partial charge is 0.380 e. The van der Waals surface area contributed by atoms with Crippen LogP contribution in [0.2, 0.25) is 0 Å². The van der Waals surface area contributed by atoms with Crippen molar-refractivity contribution in [2.75, 3.05) is 12.4 Å². The fourth-order valence-corrected chi connectivity index (χ4v) is 4.68. The van der Waals surface area contributed by atoms with Crippen LogP contribution >= 0.6 is 11.3 Å². The van der Waals surface area contributed by atoms with Crippen LogP contribution in [0, 0.1) is 6.92 Å². The fraction of sp³-hybridized carbons (Fsp3) is 0.167. The van der Waals surface area contributed by atoms with Gasteiger partial charge in [-0.05, 0) is 48.4 Å². The number of aromatic nitrogens is 2. The van der Waals surface area contributed by atoms with Crippen molar-refractivity contribution >= 4 is 45.3 Å². The number of amides is 2. The summed E-state index contributed by atoms with van der Waals surface area (Å²) in [6.07, 6.45) is 5.35. The molecule has 33 heavy (non-hydrogen) atoms. The van der Waals surface area contributed by atoms with Gasteiger partial charge in [0.05, 0.1) is 18.5 Å². The molecule has 0 radical (unpaired) electrons. The normalized spacial score (nSPS) is 11.2. The Hall–Kier alpha value is -3.82. The number of thiophene rings is 1. The zero-order valence-electron chi connectivity index (χ0n) is 18.5. The summed E-state index contributed by atoms with van der Waals surface area (Å²) in [6, 6.07) is 12.9. The number of pyridine rings is 1. The van der Waals surface area contributed by atoms with Gasteiger partial charge in [0.25, 0.3) is 5.91 Å². The summed E-state index contributed by atoms with van der Waals surface area (Å²) in [4.78, 5) is 30.2. The summed E-state index contributed by atoms with van der Waals surface area (Å²) in [5.74, 6) is -0.460. The molecule has 168 valence electrons. The molecule has 1 aromatic carbocycles. The van der Waals surface area contributed by atoms with Gasteiger partial charge < -0.3 is 14.6 Å². The molecule has 0 aliphatic carbocycles. The molecule has 0 saturated carbocycles. The first-order chi connectivity index (χ1) is 16.0. The lowest BCUT2D eigenvalue weighted by Crippen LogP contribution is -2.18. The van der Waals surface area contributed by atoms with E-state index in [9.17, 15) is 9.59 Å². The van der Waals surface area contributed by atoms with Gasteiger partial charge in [-0.3, -0.25) is 9.59 Å². The Balaban J connectivity index is 1.64. The second kappa shape index (κ2) is 9.76. The summed E-state index contributed by atoms with van der Waals surface area (Å²) in [5, 5.41) is 7.72. The Labute approximate surface area is 194 Å². The van der Waals surface area contributed by atoms with Gasteiger partial charge in [-0.2, -0.15) is 5.10 Å². The zero-order chi connectivity index (χ0) is 23.4. The minimum absolute atomic E-state index is 0.135. The second-order valence-electron chi connectivity index (χ2n) is 7.41. The van der Waals surface area contributed by atoms with Crippen LogP contribution in [0.3, 0.4) is 0 Å². The number of hydrazone groups is 1. The van der Waals surface area contributed by atoms with Crippen molar-refractivity contribution in [1.29, 1.82) is 0 Å². The van der Waals surface area contributed by atoms with E-state index in [-0.39, 0.29) is 11.8 Å². The third-order valence-electron chi connectivity index (χ3n) is 4.83. The van der Waals surface area contributed by atoms with Gasteiger partial charge in [0, 0.05) is 43.2 Å². The van der Waals surface area contributed by atoms with E-state index < -0.39 is 0 Å². The molecule has 4 rings (SSSR count). The van der Waals surface area contributed by atoms with Gasteiger partial charge in [0.15, 0.2) is 0 Å². The molecule has 0 atom stereocenters. The van der Waals surface area contributed by atoms with E-state index >= 15 is 0 Å². The first kappa shape index (κ1) is 22.4. The topological polar surface area (TPSA) is 97.6 Å². The highest BCUT2D eigenvalue weighted by Gasteiger charge is 2.23. The van der Waals surface area contributed by atoms with Crippen molar-refractivity contribution in [1.82, 2.24) is 15.0 Å². The highest BCUT2D eigenvalue weighted by molar-refractivity contribution is 7.21. The van der Waals surface area contributed by atoms with E-state index in [2.05, 4.69) is 20.8 Å². The molecule has 0 saturated heterocycles. The lowest BCUT2D eigenvalue weighted by atomic mass is 10.1. The predicted molar refractivity (Wildman–Crippen MR) is 130 cm³/mol. The van der Waals surface area contributed by atoms with Gasteiger partial charge in [-0.25, -0.2) is 10.4 Å². The Kier molecular flexibility index (Phi) is 6.62. The number of methoxy groups -OCH3 is 1. The fourth-order valence-electron chi connectivity index (χ4n) is 3.52. The Morgan fingerprint density at radius 1 is 1.21 bits per heavy atom. The summed E-state index contributed by atoms with van der Waals surface area (Å²) >= 11 is 1.32. The van der Waals surface area contributed by atoms with Crippen LogP contribution in [0.1, 0.15) is 33.4 Å². The van der Waals surface area contributed by atoms with Crippen LogP contribution in [0.4, 0.5) is 5.69 Å². The first-order valence-electron chi connectivity index (χ1n) is 10.2. The van der Waals surface area contributed by atoms with Crippen LogP contribution in [0.15, 0.2) is 60.0 Å². The number of aryl methyl sites for hydroxylation is 1. The lowest BCUT2D eigenvalue weighted by Gasteiger charge is -2.09. The number of rotatable bonds is 7. The van der Waals surface area contributed by atoms with Crippen LogP contribution in [-0.4, -0.2) is 34.7 Å². The van der Waals surface area contributed by atoms with Crippen molar-refractivity contribution in [3.8, 4) is 5.69 Å². The van der Waals surface area contributed by atoms with Crippen molar-refractivity contribution in [2.24, 2.45) is 5.10 Å². The highest BCUT2D eigenvalue weighted by atomic mass is 32.1. The molecule has 0 spiro atoms. The van der Waals surface area contributed by atoms with Crippen LogP contribution in [-0.2, 0) is 16.1 Å². The number of nitrogens with zero attached hydrogens (tertiary/aromatic N) is 3. The number of hydrogen-bond donors (Lipinski definition) is 2.